The van der Waals surface area contributed by atoms with E-state index >= 15 is 0 Å². The van der Waals surface area contributed by atoms with Crippen LogP contribution in [0, 0.1) is 0 Å². The molecular weight excluding hydrogens is 303 g/mol. The molecular formula is C14H16F3NO2S. The second-order valence-electron chi connectivity index (χ2n) is 4.50. The van der Waals surface area contributed by atoms with Crippen LogP contribution < -0.4 is 10.1 Å². The summed E-state index contributed by atoms with van der Waals surface area (Å²) in [7, 11) is 1.56. The van der Waals surface area contributed by atoms with Gasteiger partial charge in [-0.2, -0.15) is 13.2 Å². The first-order chi connectivity index (χ1) is 9.90. The Hall–Kier alpha value is -1.34. The molecule has 2 aromatic rings. The fraction of sp³-hybridized carbons (Fsp3) is 0.429. The van der Waals surface area contributed by atoms with Crippen LogP contribution in [0.2, 0.25) is 0 Å². The highest BCUT2D eigenvalue weighted by Gasteiger charge is 2.27. The van der Waals surface area contributed by atoms with E-state index in [1.807, 2.05) is 25.1 Å². The molecule has 0 saturated carbocycles. The summed E-state index contributed by atoms with van der Waals surface area (Å²) in [4.78, 5) is 0. The molecule has 1 aromatic heterocycles. The number of rotatable bonds is 6. The number of ether oxygens (including phenoxy) is 1. The Morgan fingerprint density at radius 2 is 2.14 bits per heavy atom. The summed E-state index contributed by atoms with van der Waals surface area (Å²) in [6.45, 7) is 2.10. The van der Waals surface area contributed by atoms with Gasteiger partial charge in [0.2, 0.25) is 0 Å². The molecule has 0 radical (unpaired) electrons. The van der Waals surface area contributed by atoms with E-state index in [0.717, 1.165) is 5.39 Å². The van der Waals surface area contributed by atoms with Crippen LogP contribution in [0.25, 0.3) is 11.0 Å². The van der Waals surface area contributed by atoms with E-state index in [9.17, 15) is 13.2 Å². The number of halogens is 3. The van der Waals surface area contributed by atoms with Crippen LogP contribution >= 0.6 is 11.8 Å². The molecule has 0 fully saturated rings. The Balaban J connectivity index is 1.98. The lowest BCUT2D eigenvalue weighted by Crippen LogP contribution is -2.22. The lowest BCUT2D eigenvalue weighted by atomic mass is 10.2. The zero-order valence-electron chi connectivity index (χ0n) is 11.7. The number of para-hydroxylation sites is 1. The molecule has 0 aliphatic rings. The van der Waals surface area contributed by atoms with Gasteiger partial charge in [0.1, 0.15) is 5.76 Å². The van der Waals surface area contributed by atoms with Crippen LogP contribution in [0.3, 0.4) is 0 Å². The number of thioether (sulfide) groups is 1. The predicted molar refractivity (Wildman–Crippen MR) is 77.7 cm³/mol. The minimum Gasteiger partial charge on any atom is -0.493 e. The van der Waals surface area contributed by atoms with Crippen LogP contribution in [0.4, 0.5) is 13.2 Å². The molecule has 1 atom stereocenters. The Morgan fingerprint density at radius 3 is 2.81 bits per heavy atom. The fourth-order valence-electron chi connectivity index (χ4n) is 1.97. The van der Waals surface area contributed by atoms with Crippen LogP contribution in [-0.4, -0.2) is 24.9 Å². The van der Waals surface area contributed by atoms with Crippen molar-refractivity contribution in [2.24, 2.45) is 0 Å². The topological polar surface area (TPSA) is 34.4 Å². The summed E-state index contributed by atoms with van der Waals surface area (Å²) in [5, 5.41) is 3.92. The normalized spacial score (nSPS) is 13.6. The molecule has 0 saturated heterocycles. The molecule has 0 amide bonds. The van der Waals surface area contributed by atoms with Gasteiger partial charge in [0.15, 0.2) is 11.3 Å². The average Bonchev–Trinajstić information content (AvgIpc) is 2.86. The second-order valence-corrected chi connectivity index (χ2v) is 5.66. The average molecular weight is 319 g/mol. The highest BCUT2D eigenvalue weighted by Crippen LogP contribution is 2.31. The number of hydrogen-bond acceptors (Lipinski definition) is 4. The molecule has 116 valence electrons. The van der Waals surface area contributed by atoms with Crippen molar-refractivity contribution >= 4 is 22.7 Å². The van der Waals surface area contributed by atoms with Crippen LogP contribution in [0.5, 0.6) is 5.75 Å². The number of furan rings is 1. The van der Waals surface area contributed by atoms with E-state index in [1.54, 1.807) is 13.2 Å². The summed E-state index contributed by atoms with van der Waals surface area (Å²) in [5.41, 5.74) is -3.54. The number of hydrogen-bond donors (Lipinski definition) is 1. The molecule has 1 aromatic carbocycles. The van der Waals surface area contributed by atoms with Crippen LogP contribution in [0.1, 0.15) is 18.7 Å². The second kappa shape index (κ2) is 6.62. The summed E-state index contributed by atoms with van der Waals surface area (Å²) < 4.78 is 47.0. The van der Waals surface area contributed by atoms with Crippen molar-refractivity contribution in [1.82, 2.24) is 5.32 Å². The zero-order valence-corrected chi connectivity index (χ0v) is 12.5. The van der Waals surface area contributed by atoms with E-state index in [4.69, 9.17) is 9.15 Å². The smallest absolute Gasteiger partial charge is 0.441 e. The molecule has 0 aliphatic heterocycles. The van der Waals surface area contributed by atoms with Crippen molar-refractivity contribution in [3.8, 4) is 5.75 Å². The van der Waals surface area contributed by atoms with E-state index < -0.39 is 5.51 Å². The molecule has 0 aliphatic carbocycles. The highest BCUT2D eigenvalue weighted by atomic mass is 32.2. The van der Waals surface area contributed by atoms with Gasteiger partial charge in [0.25, 0.3) is 0 Å². The molecule has 1 N–H and O–H groups in total. The molecule has 0 spiro atoms. The van der Waals surface area contributed by atoms with E-state index in [0.29, 0.717) is 17.1 Å². The summed E-state index contributed by atoms with van der Waals surface area (Å²) in [5.74, 6) is 1.28. The van der Waals surface area contributed by atoms with Gasteiger partial charge in [-0.05, 0) is 30.8 Å². The number of alkyl halides is 3. The highest BCUT2D eigenvalue weighted by molar-refractivity contribution is 8.00. The SMILES string of the molecule is COc1cccc2cc(C(C)NCCSC(F)(F)F)oc12. The van der Waals surface area contributed by atoms with Gasteiger partial charge >= 0.3 is 5.51 Å². The van der Waals surface area contributed by atoms with Crippen molar-refractivity contribution in [3.05, 3.63) is 30.0 Å². The zero-order chi connectivity index (χ0) is 15.5. The first-order valence-electron chi connectivity index (χ1n) is 6.41. The predicted octanol–water partition coefficient (Wildman–Crippen LogP) is 4.35. The standard InChI is InChI=1S/C14H16F3NO2S/c1-9(18-6-7-21-14(15,16)17)12-8-10-4-3-5-11(19-2)13(10)20-12/h3-5,8-9,18H,6-7H2,1-2H3. The van der Waals surface area contributed by atoms with E-state index in [2.05, 4.69) is 5.32 Å². The molecule has 1 heterocycles. The fourth-order valence-corrected chi connectivity index (χ4v) is 2.42. The third kappa shape index (κ3) is 4.31. The van der Waals surface area contributed by atoms with E-state index in [1.165, 1.54) is 0 Å². The van der Waals surface area contributed by atoms with Gasteiger partial charge in [0, 0.05) is 17.7 Å². The van der Waals surface area contributed by atoms with Gasteiger partial charge in [-0.25, -0.2) is 0 Å². The van der Waals surface area contributed by atoms with Crippen molar-refractivity contribution in [1.29, 1.82) is 0 Å². The monoisotopic (exact) mass is 319 g/mol. The van der Waals surface area contributed by atoms with E-state index in [-0.39, 0.29) is 30.1 Å². The Morgan fingerprint density at radius 1 is 1.38 bits per heavy atom. The molecule has 21 heavy (non-hydrogen) atoms. The number of benzene rings is 1. The summed E-state index contributed by atoms with van der Waals surface area (Å²) in [6.07, 6.45) is 0. The van der Waals surface area contributed by atoms with Crippen molar-refractivity contribution in [2.45, 2.75) is 18.5 Å². The molecule has 1 unspecified atom stereocenters. The maximum absolute atomic E-state index is 12.0. The van der Waals surface area contributed by atoms with Gasteiger partial charge < -0.3 is 14.5 Å². The first-order valence-corrected chi connectivity index (χ1v) is 7.40. The third-order valence-electron chi connectivity index (χ3n) is 2.99. The first kappa shape index (κ1) is 16.0. The van der Waals surface area contributed by atoms with Crippen LogP contribution in [-0.2, 0) is 0 Å². The lowest BCUT2D eigenvalue weighted by Gasteiger charge is -2.11. The van der Waals surface area contributed by atoms with Gasteiger partial charge in [0.05, 0.1) is 13.2 Å². The molecule has 2 rings (SSSR count). The maximum atomic E-state index is 12.0. The summed E-state index contributed by atoms with van der Waals surface area (Å²) >= 11 is -0.0313. The van der Waals surface area contributed by atoms with Crippen molar-refractivity contribution in [3.63, 3.8) is 0 Å². The van der Waals surface area contributed by atoms with Gasteiger partial charge in [-0.3, -0.25) is 0 Å². The van der Waals surface area contributed by atoms with Crippen LogP contribution in [0.15, 0.2) is 28.7 Å². The number of fused-ring (bicyclic) bond motifs is 1. The lowest BCUT2D eigenvalue weighted by molar-refractivity contribution is -0.0327. The largest absolute Gasteiger partial charge is 0.493 e. The Kier molecular flexibility index (Phi) is 5.05. The number of methoxy groups -OCH3 is 1. The molecule has 0 bridgehead atoms. The van der Waals surface area contributed by atoms with Gasteiger partial charge in [-0.1, -0.05) is 12.1 Å². The molecule has 7 heteroatoms. The Bertz CT molecular complexity index is 597. The third-order valence-corrected chi connectivity index (χ3v) is 3.73. The Labute approximate surface area is 124 Å². The van der Waals surface area contributed by atoms with Crippen molar-refractivity contribution < 1.29 is 22.3 Å². The molecule has 3 nitrogen and oxygen atoms in total. The maximum Gasteiger partial charge on any atom is 0.441 e. The van der Waals surface area contributed by atoms with Crippen molar-refractivity contribution in [2.75, 3.05) is 19.4 Å². The summed E-state index contributed by atoms with van der Waals surface area (Å²) in [6, 6.07) is 7.26. The minimum absolute atomic E-state index is 0.0304. The quantitative estimate of drug-likeness (QED) is 0.803. The minimum atomic E-state index is -4.18. The van der Waals surface area contributed by atoms with Gasteiger partial charge in [-0.15, -0.1) is 0 Å². The number of nitrogens with one attached hydrogen (secondary N) is 1.